The van der Waals surface area contributed by atoms with Crippen molar-refractivity contribution in [1.82, 2.24) is 4.98 Å². The fourth-order valence-corrected chi connectivity index (χ4v) is 2.69. The number of hydrogen-bond acceptors (Lipinski definition) is 8. The molecule has 27 heavy (non-hydrogen) atoms. The van der Waals surface area contributed by atoms with Crippen molar-refractivity contribution in [2.75, 3.05) is 26.1 Å². The molecule has 2 aromatic rings. The lowest BCUT2D eigenvalue weighted by Gasteiger charge is -2.04. The second-order valence-corrected chi connectivity index (χ2v) is 5.99. The van der Waals surface area contributed by atoms with Crippen LogP contribution in [0.4, 0.5) is 5.13 Å². The van der Waals surface area contributed by atoms with Gasteiger partial charge in [-0.3, -0.25) is 14.9 Å². The van der Waals surface area contributed by atoms with Crippen molar-refractivity contribution in [3.63, 3.8) is 0 Å². The minimum atomic E-state index is -0.665. The summed E-state index contributed by atoms with van der Waals surface area (Å²) in [5.74, 6) is -1.01. The molecule has 0 saturated heterocycles. The number of benzene rings is 1. The van der Waals surface area contributed by atoms with Crippen LogP contribution in [0.5, 0.6) is 5.75 Å². The molecule has 0 aliphatic heterocycles. The summed E-state index contributed by atoms with van der Waals surface area (Å²) in [4.78, 5) is 38.8. The molecular weight excluding hydrogens is 372 g/mol. The number of anilines is 1. The van der Waals surface area contributed by atoms with E-state index in [4.69, 9.17) is 9.47 Å². The van der Waals surface area contributed by atoms with Crippen LogP contribution in [0.3, 0.4) is 0 Å². The molecule has 0 radical (unpaired) electrons. The van der Waals surface area contributed by atoms with Gasteiger partial charge in [-0.25, -0.2) is 9.78 Å². The van der Waals surface area contributed by atoms with Crippen LogP contribution in [-0.4, -0.2) is 43.7 Å². The number of hydrogen-bond donors (Lipinski definition) is 1. The van der Waals surface area contributed by atoms with Gasteiger partial charge in [-0.2, -0.15) is 0 Å². The number of para-hydroxylation sites is 1. The molecule has 1 heterocycles. The maximum atomic E-state index is 11.8. The molecule has 1 aromatic carbocycles. The Hall–Kier alpha value is -3.20. The normalized spacial score (nSPS) is 10.4. The molecular formula is C18H18N2O6S. The number of carbonyl (C=O) groups is 3. The van der Waals surface area contributed by atoms with E-state index in [0.29, 0.717) is 22.1 Å². The predicted molar refractivity (Wildman–Crippen MR) is 99.5 cm³/mol. The van der Waals surface area contributed by atoms with Gasteiger partial charge in [0.1, 0.15) is 5.75 Å². The molecule has 8 nitrogen and oxygen atoms in total. The number of amides is 1. The van der Waals surface area contributed by atoms with Crippen molar-refractivity contribution in [2.24, 2.45) is 0 Å². The molecule has 142 valence electrons. The Morgan fingerprint density at radius 2 is 2.00 bits per heavy atom. The molecule has 0 fully saturated rings. The molecule has 1 N–H and O–H groups in total. The van der Waals surface area contributed by atoms with Gasteiger partial charge in [0.2, 0.25) is 0 Å². The van der Waals surface area contributed by atoms with E-state index in [1.807, 2.05) is 12.1 Å². The molecule has 9 heteroatoms. The highest BCUT2D eigenvalue weighted by Crippen LogP contribution is 2.18. The van der Waals surface area contributed by atoms with E-state index in [1.165, 1.54) is 20.3 Å². The average molecular weight is 390 g/mol. The zero-order valence-corrected chi connectivity index (χ0v) is 15.6. The fourth-order valence-electron chi connectivity index (χ4n) is 1.97. The van der Waals surface area contributed by atoms with Crippen LogP contribution in [0.1, 0.15) is 11.3 Å². The van der Waals surface area contributed by atoms with Gasteiger partial charge in [0.05, 0.1) is 26.3 Å². The number of esters is 2. The Labute approximate surface area is 159 Å². The molecule has 0 unspecified atom stereocenters. The van der Waals surface area contributed by atoms with E-state index in [1.54, 1.807) is 23.6 Å². The van der Waals surface area contributed by atoms with Gasteiger partial charge < -0.3 is 14.2 Å². The summed E-state index contributed by atoms with van der Waals surface area (Å²) in [6.45, 7) is -0.457. The third-order valence-corrected chi connectivity index (χ3v) is 4.04. The first-order valence-electron chi connectivity index (χ1n) is 7.80. The lowest BCUT2D eigenvalue weighted by atomic mass is 10.2. The van der Waals surface area contributed by atoms with Crippen LogP contribution in [0, 0.1) is 0 Å². The van der Waals surface area contributed by atoms with Gasteiger partial charge in [-0.15, -0.1) is 11.3 Å². The van der Waals surface area contributed by atoms with Crippen LogP contribution in [0.15, 0.2) is 35.7 Å². The predicted octanol–water partition coefficient (Wildman–Crippen LogP) is 2.06. The third kappa shape index (κ3) is 6.55. The molecule has 0 atom stereocenters. The standard InChI is InChI=1S/C18H18N2O6S/c1-24-14-6-4-3-5-12(14)7-8-16(22)26-10-15(21)20-18-19-13(11-27-18)9-17(23)25-2/h3-8,11H,9-10H2,1-2H3,(H,19,20,21)/b8-7+. The first-order valence-corrected chi connectivity index (χ1v) is 8.68. The van der Waals surface area contributed by atoms with Gasteiger partial charge in [0.15, 0.2) is 11.7 Å². The number of ether oxygens (including phenoxy) is 3. The van der Waals surface area contributed by atoms with Gasteiger partial charge in [0.25, 0.3) is 5.91 Å². The number of nitrogens with zero attached hydrogens (tertiary/aromatic N) is 1. The summed E-state index contributed by atoms with van der Waals surface area (Å²) in [6.07, 6.45) is 2.77. The monoisotopic (exact) mass is 390 g/mol. The van der Waals surface area contributed by atoms with E-state index in [0.717, 1.165) is 11.3 Å². The molecule has 0 spiro atoms. The first kappa shape index (κ1) is 20.1. The topological polar surface area (TPSA) is 104 Å². The van der Waals surface area contributed by atoms with Crippen molar-refractivity contribution in [3.8, 4) is 5.75 Å². The van der Waals surface area contributed by atoms with E-state index in [9.17, 15) is 14.4 Å². The molecule has 1 amide bonds. The van der Waals surface area contributed by atoms with Gasteiger partial charge in [-0.05, 0) is 12.1 Å². The summed E-state index contributed by atoms with van der Waals surface area (Å²) in [5.41, 5.74) is 1.20. The molecule has 0 aliphatic carbocycles. The smallest absolute Gasteiger partial charge is 0.331 e. The average Bonchev–Trinajstić information content (AvgIpc) is 3.11. The van der Waals surface area contributed by atoms with Crippen LogP contribution in [-0.2, 0) is 30.3 Å². The summed E-state index contributed by atoms with van der Waals surface area (Å²) in [7, 11) is 2.82. The van der Waals surface area contributed by atoms with Crippen molar-refractivity contribution < 1.29 is 28.6 Å². The van der Waals surface area contributed by atoms with E-state index in [2.05, 4.69) is 15.0 Å². The number of aromatic nitrogens is 1. The molecule has 0 bridgehead atoms. The second-order valence-electron chi connectivity index (χ2n) is 5.13. The summed E-state index contributed by atoms with van der Waals surface area (Å²) >= 11 is 1.16. The SMILES string of the molecule is COC(=O)Cc1csc(NC(=O)COC(=O)/C=C/c2ccccc2OC)n1. The zero-order valence-electron chi connectivity index (χ0n) is 14.8. The number of nitrogens with one attached hydrogen (secondary N) is 1. The van der Waals surface area contributed by atoms with Gasteiger partial charge in [-0.1, -0.05) is 18.2 Å². The largest absolute Gasteiger partial charge is 0.496 e. The van der Waals surface area contributed by atoms with Gasteiger partial charge >= 0.3 is 11.9 Å². The van der Waals surface area contributed by atoms with E-state index in [-0.39, 0.29) is 6.42 Å². The highest BCUT2D eigenvalue weighted by atomic mass is 32.1. The summed E-state index contributed by atoms with van der Waals surface area (Å²) in [6, 6.07) is 7.17. The summed E-state index contributed by atoms with van der Waals surface area (Å²) < 4.78 is 14.6. The Morgan fingerprint density at radius 1 is 1.22 bits per heavy atom. The number of carbonyl (C=O) groups excluding carboxylic acids is 3. The third-order valence-electron chi connectivity index (χ3n) is 3.23. The number of rotatable bonds is 8. The lowest BCUT2D eigenvalue weighted by Crippen LogP contribution is -2.20. The van der Waals surface area contributed by atoms with Crippen molar-refractivity contribution >= 4 is 40.4 Å². The second kappa shape index (κ2) is 10.1. The van der Waals surface area contributed by atoms with Gasteiger partial charge in [0, 0.05) is 17.0 Å². The van der Waals surface area contributed by atoms with Crippen molar-refractivity contribution in [3.05, 3.63) is 47.0 Å². The minimum absolute atomic E-state index is 0.0194. The Balaban J connectivity index is 1.80. The number of thiazole rings is 1. The Kier molecular flexibility index (Phi) is 7.50. The molecule has 1 aromatic heterocycles. The molecule has 2 rings (SSSR count). The zero-order chi connectivity index (χ0) is 19.6. The fraction of sp³-hybridized carbons (Fsp3) is 0.222. The van der Waals surface area contributed by atoms with Crippen LogP contribution in [0.25, 0.3) is 6.08 Å². The Morgan fingerprint density at radius 3 is 2.74 bits per heavy atom. The maximum absolute atomic E-state index is 11.8. The van der Waals surface area contributed by atoms with Crippen LogP contribution >= 0.6 is 11.3 Å². The summed E-state index contributed by atoms with van der Waals surface area (Å²) in [5, 5.41) is 4.43. The minimum Gasteiger partial charge on any atom is -0.496 e. The highest BCUT2D eigenvalue weighted by molar-refractivity contribution is 7.13. The van der Waals surface area contributed by atoms with Crippen LogP contribution < -0.4 is 10.1 Å². The van der Waals surface area contributed by atoms with Crippen molar-refractivity contribution in [1.29, 1.82) is 0 Å². The highest BCUT2D eigenvalue weighted by Gasteiger charge is 2.11. The molecule has 0 saturated carbocycles. The maximum Gasteiger partial charge on any atom is 0.331 e. The quantitative estimate of drug-likeness (QED) is 0.543. The van der Waals surface area contributed by atoms with E-state index >= 15 is 0 Å². The van der Waals surface area contributed by atoms with E-state index < -0.39 is 24.5 Å². The lowest BCUT2D eigenvalue weighted by molar-refractivity contribution is -0.142. The van der Waals surface area contributed by atoms with Crippen molar-refractivity contribution in [2.45, 2.75) is 6.42 Å². The first-order chi connectivity index (χ1) is 13.0. The Bertz CT molecular complexity index is 846. The van der Waals surface area contributed by atoms with Crippen LogP contribution in [0.2, 0.25) is 0 Å². The molecule has 0 aliphatic rings. The number of methoxy groups -OCH3 is 2.